The minimum Gasteiger partial charge on any atom is -0.383 e. The van der Waals surface area contributed by atoms with Gasteiger partial charge in [-0.1, -0.05) is 43.7 Å². The molecule has 1 amide bonds. The molecular formula is C25H29ClN6O. The van der Waals surface area contributed by atoms with Crippen molar-refractivity contribution in [3.8, 4) is 0 Å². The quantitative estimate of drug-likeness (QED) is 0.491. The minimum absolute atomic E-state index is 0.210. The zero-order chi connectivity index (χ0) is 23.5. The highest BCUT2D eigenvalue weighted by Gasteiger charge is 2.35. The van der Waals surface area contributed by atoms with E-state index in [9.17, 15) is 4.79 Å². The van der Waals surface area contributed by atoms with E-state index in [-0.39, 0.29) is 5.91 Å². The third-order valence-corrected chi connectivity index (χ3v) is 6.15. The van der Waals surface area contributed by atoms with Crippen molar-refractivity contribution >= 4 is 46.1 Å². The molecule has 0 unspecified atom stereocenters. The molecule has 0 bridgehead atoms. The first-order valence-corrected chi connectivity index (χ1v) is 11.7. The zero-order valence-electron chi connectivity index (χ0n) is 19.2. The van der Waals surface area contributed by atoms with Crippen molar-refractivity contribution in [2.24, 2.45) is 0 Å². The van der Waals surface area contributed by atoms with Crippen LogP contribution in [0.3, 0.4) is 0 Å². The molecule has 1 aliphatic carbocycles. The van der Waals surface area contributed by atoms with E-state index in [1.807, 2.05) is 12.1 Å². The Hall–Kier alpha value is -3.32. The fourth-order valence-electron chi connectivity index (χ4n) is 4.19. The Morgan fingerprint density at radius 1 is 1.33 bits per heavy atom. The predicted octanol–water partition coefficient (Wildman–Crippen LogP) is 5.22. The summed E-state index contributed by atoms with van der Waals surface area (Å²) >= 11 is 6.46. The topological polar surface area (TPSA) is 99.9 Å². The van der Waals surface area contributed by atoms with Crippen molar-refractivity contribution in [2.45, 2.75) is 45.6 Å². The summed E-state index contributed by atoms with van der Waals surface area (Å²) in [4.78, 5) is 24.6. The molecule has 1 aromatic carbocycles. The highest BCUT2D eigenvalue weighted by Crippen LogP contribution is 2.44. The van der Waals surface area contributed by atoms with Gasteiger partial charge >= 0.3 is 0 Å². The van der Waals surface area contributed by atoms with Crippen LogP contribution in [0.2, 0.25) is 5.02 Å². The van der Waals surface area contributed by atoms with Gasteiger partial charge in [0.05, 0.1) is 16.0 Å². The number of carbonyl (C=O) groups is 1. The van der Waals surface area contributed by atoms with Crippen LogP contribution in [0, 0.1) is 0 Å². The Bertz CT molecular complexity index is 1240. The lowest BCUT2D eigenvalue weighted by Gasteiger charge is -2.35. The molecule has 33 heavy (non-hydrogen) atoms. The second kappa shape index (κ2) is 9.67. The van der Waals surface area contributed by atoms with Gasteiger partial charge < -0.3 is 20.9 Å². The molecule has 2 aromatic heterocycles. The van der Waals surface area contributed by atoms with Crippen molar-refractivity contribution in [1.82, 2.24) is 25.2 Å². The Morgan fingerprint density at radius 3 is 2.79 bits per heavy atom. The zero-order valence-corrected chi connectivity index (χ0v) is 19.9. The molecule has 1 fully saturated rings. The van der Waals surface area contributed by atoms with Crippen LogP contribution in [0.25, 0.3) is 22.8 Å². The van der Waals surface area contributed by atoms with E-state index < -0.39 is 0 Å². The van der Waals surface area contributed by atoms with Crippen molar-refractivity contribution in [1.29, 1.82) is 0 Å². The molecule has 8 heteroatoms. The lowest BCUT2D eigenvalue weighted by atomic mass is 9.96. The second-order valence-electron chi connectivity index (χ2n) is 8.06. The number of halogens is 1. The van der Waals surface area contributed by atoms with Gasteiger partial charge in [-0.25, -0.2) is 9.97 Å². The number of aromatic amines is 1. The van der Waals surface area contributed by atoms with Crippen molar-refractivity contribution in [2.75, 3.05) is 12.8 Å². The van der Waals surface area contributed by atoms with Crippen LogP contribution in [-0.2, 0) is 0 Å². The first-order valence-electron chi connectivity index (χ1n) is 11.3. The number of aromatic nitrogens is 3. The van der Waals surface area contributed by atoms with Crippen molar-refractivity contribution in [3.63, 3.8) is 0 Å². The van der Waals surface area contributed by atoms with Crippen LogP contribution in [0.15, 0.2) is 42.5 Å². The number of allylic oxidation sites excluding steroid dienone is 2. The van der Waals surface area contributed by atoms with Crippen LogP contribution in [-0.4, -0.2) is 38.8 Å². The van der Waals surface area contributed by atoms with E-state index in [1.54, 1.807) is 13.2 Å². The first kappa shape index (κ1) is 22.9. The van der Waals surface area contributed by atoms with Gasteiger partial charge in [0.2, 0.25) is 0 Å². The molecule has 172 valence electrons. The van der Waals surface area contributed by atoms with E-state index in [2.05, 4.69) is 57.2 Å². The van der Waals surface area contributed by atoms with Gasteiger partial charge in [-0.3, -0.25) is 4.79 Å². The maximum Gasteiger partial charge on any atom is 0.253 e. The molecule has 4 N–H and O–H groups in total. The van der Waals surface area contributed by atoms with Gasteiger partial charge in [0, 0.05) is 36.2 Å². The number of nitrogen functional groups attached to an aromatic ring is 1. The molecule has 1 saturated carbocycles. The molecule has 3 heterocycles. The summed E-state index contributed by atoms with van der Waals surface area (Å²) < 4.78 is 0. The van der Waals surface area contributed by atoms with Gasteiger partial charge in [0.25, 0.3) is 5.91 Å². The largest absolute Gasteiger partial charge is 0.383 e. The fraction of sp³-hybridized carbons (Fsp3) is 0.320. The van der Waals surface area contributed by atoms with Gasteiger partial charge in [0.15, 0.2) is 0 Å². The average molecular weight is 465 g/mol. The number of rotatable bonds is 4. The van der Waals surface area contributed by atoms with E-state index >= 15 is 0 Å². The lowest BCUT2D eigenvalue weighted by molar-refractivity contribution is 0.0964. The fourth-order valence-corrected chi connectivity index (χ4v) is 4.46. The van der Waals surface area contributed by atoms with E-state index in [1.165, 1.54) is 41.7 Å². The highest BCUT2D eigenvalue weighted by atomic mass is 35.5. The van der Waals surface area contributed by atoms with Gasteiger partial charge in [-0.15, -0.1) is 0 Å². The maximum absolute atomic E-state index is 11.4. The summed E-state index contributed by atoms with van der Waals surface area (Å²) in [5, 5.41) is 3.95. The summed E-state index contributed by atoms with van der Waals surface area (Å²) in [5.74, 6) is 0.0904. The number of fused-ring (bicyclic) bond motifs is 2. The standard InChI is InChI=1S/C17H20ClN.C8H9N5O/c1-3-6-16-17-12(7-5-8-15(17)18)11-13(4-2)19(16)14-9-10-14;1-10-8(14)4-2-11-7-5(4)6(9)12-3-13-7/h5-8,11,14H,3-4,9-10H2,1-2H3;2-3H,1H3,(H,10,14)(H3,9,11,12,13)/b16-6+;. The molecule has 1 aliphatic heterocycles. The van der Waals surface area contributed by atoms with E-state index in [0.717, 1.165) is 17.9 Å². The number of benzene rings is 1. The lowest BCUT2D eigenvalue weighted by Crippen LogP contribution is -2.26. The van der Waals surface area contributed by atoms with Crippen LogP contribution in [0.5, 0.6) is 0 Å². The number of H-pyrrole nitrogens is 1. The Morgan fingerprint density at radius 2 is 2.12 bits per heavy atom. The van der Waals surface area contributed by atoms with E-state index in [4.69, 9.17) is 17.3 Å². The van der Waals surface area contributed by atoms with Gasteiger partial charge in [-0.05, 0) is 43.4 Å². The van der Waals surface area contributed by atoms with Gasteiger partial charge in [-0.2, -0.15) is 0 Å². The monoisotopic (exact) mass is 464 g/mol. The smallest absolute Gasteiger partial charge is 0.253 e. The predicted molar refractivity (Wildman–Crippen MR) is 135 cm³/mol. The van der Waals surface area contributed by atoms with Crippen LogP contribution in [0.4, 0.5) is 5.82 Å². The molecule has 7 nitrogen and oxygen atoms in total. The Labute approximate surface area is 198 Å². The molecule has 0 atom stereocenters. The number of hydrogen-bond acceptors (Lipinski definition) is 5. The normalized spacial score (nSPS) is 16.2. The van der Waals surface area contributed by atoms with Crippen molar-refractivity contribution < 1.29 is 4.79 Å². The number of amides is 1. The molecule has 0 spiro atoms. The number of anilines is 1. The molecule has 0 saturated heterocycles. The summed E-state index contributed by atoms with van der Waals surface area (Å²) in [5.41, 5.74) is 11.9. The Kier molecular flexibility index (Phi) is 6.70. The van der Waals surface area contributed by atoms with E-state index in [0.29, 0.717) is 28.5 Å². The minimum atomic E-state index is -0.210. The first-order chi connectivity index (χ1) is 16.0. The third kappa shape index (κ3) is 4.46. The van der Waals surface area contributed by atoms with Crippen molar-refractivity contribution in [3.05, 3.63) is 64.2 Å². The number of nitrogens with zero attached hydrogens (tertiary/aromatic N) is 3. The molecule has 0 radical (unpaired) electrons. The SMILES string of the molecule is CC/C=C1\c2c(Cl)cccc2C=C(CC)N1C1CC1.CNC(=O)c1c[nH]c2ncnc(N)c12. The Balaban J connectivity index is 0.000000165. The molecule has 2 aliphatic rings. The van der Waals surface area contributed by atoms with Crippen LogP contribution in [0.1, 0.15) is 61.0 Å². The molecular weight excluding hydrogens is 436 g/mol. The van der Waals surface area contributed by atoms with Crippen LogP contribution >= 0.6 is 11.6 Å². The van der Waals surface area contributed by atoms with Crippen LogP contribution < -0.4 is 11.1 Å². The summed E-state index contributed by atoms with van der Waals surface area (Å²) in [7, 11) is 1.56. The summed E-state index contributed by atoms with van der Waals surface area (Å²) in [6, 6.07) is 6.90. The molecule has 3 aromatic rings. The molecule has 5 rings (SSSR count). The maximum atomic E-state index is 11.4. The third-order valence-electron chi connectivity index (χ3n) is 5.84. The number of nitrogens with one attached hydrogen (secondary N) is 2. The number of nitrogens with two attached hydrogens (primary N) is 1. The summed E-state index contributed by atoms with van der Waals surface area (Å²) in [6.07, 6.45) is 12.3. The second-order valence-corrected chi connectivity index (χ2v) is 8.46. The summed E-state index contributed by atoms with van der Waals surface area (Å²) in [6.45, 7) is 4.43. The van der Waals surface area contributed by atoms with Gasteiger partial charge in [0.1, 0.15) is 17.8 Å². The number of carbonyl (C=O) groups excluding carboxylic acids is 1. The highest BCUT2D eigenvalue weighted by molar-refractivity contribution is 6.32. The average Bonchev–Trinajstić information content (AvgIpc) is 3.56. The number of hydrogen-bond donors (Lipinski definition) is 3.